The van der Waals surface area contributed by atoms with Crippen molar-refractivity contribution in [2.75, 3.05) is 26.8 Å². The minimum atomic E-state index is -3.48. The minimum absolute atomic E-state index is 0.0475. The first-order valence-corrected chi connectivity index (χ1v) is 16.4. The van der Waals surface area contributed by atoms with Crippen LogP contribution in [0.5, 0.6) is 5.75 Å². The van der Waals surface area contributed by atoms with E-state index in [4.69, 9.17) is 19.9 Å². The van der Waals surface area contributed by atoms with E-state index in [2.05, 4.69) is 10.3 Å². The monoisotopic (exact) mass is 641 g/mol. The van der Waals surface area contributed by atoms with Crippen molar-refractivity contribution in [1.29, 1.82) is 10.8 Å². The zero-order valence-electron chi connectivity index (χ0n) is 24.6. The standard InChI is InChI=1S/C28H38F2N5O6PS/c1-5-35(28(33-4)12-8-9-19(15-28)42(39,40-6-2)41-7-3)27(38)23-25(37)24(36)20(16-34-23)26(32)43-22(31)13-17-10-11-18(29)14-21(17)30/h10-11,14,16,19,31-33,37H,5-9,12-13,15H2,1-4H3,(H,34,36). The van der Waals surface area contributed by atoms with Gasteiger partial charge in [-0.3, -0.25) is 30.3 Å². The second-order valence-electron chi connectivity index (χ2n) is 9.98. The Morgan fingerprint density at radius 1 is 1.26 bits per heavy atom. The number of thioether (sulfide) groups is 1. The lowest BCUT2D eigenvalue weighted by atomic mass is 9.86. The molecule has 0 bridgehead atoms. The molecule has 236 valence electrons. The van der Waals surface area contributed by atoms with Crippen molar-refractivity contribution in [3.05, 3.63) is 63.1 Å². The highest BCUT2D eigenvalue weighted by Crippen LogP contribution is 2.59. The third kappa shape index (κ3) is 7.61. The molecule has 2 unspecified atom stereocenters. The number of aromatic hydroxyl groups is 1. The number of aromatic amines is 1. The van der Waals surface area contributed by atoms with Gasteiger partial charge in [-0.05, 0) is 65.1 Å². The molecule has 5 N–H and O–H groups in total. The maximum atomic E-state index is 14.0. The Morgan fingerprint density at radius 2 is 1.93 bits per heavy atom. The summed E-state index contributed by atoms with van der Waals surface area (Å²) >= 11 is 0.564. The zero-order chi connectivity index (χ0) is 31.9. The van der Waals surface area contributed by atoms with Crippen LogP contribution >= 0.6 is 19.4 Å². The van der Waals surface area contributed by atoms with Gasteiger partial charge in [0.25, 0.3) is 5.91 Å². The summed E-state index contributed by atoms with van der Waals surface area (Å²) < 4.78 is 51.9. The summed E-state index contributed by atoms with van der Waals surface area (Å²) in [5.74, 6) is -3.17. The molecule has 11 nitrogen and oxygen atoms in total. The second kappa shape index (κ2) is 14.7. The van der Waals surface area contributed by atoms with E-state index in [9.17, 15) is 28.0 Å². The number of rotatable bonds is 12. The summed E-state index contributed by atoms with van der Waals surface area (Å²) in [4.78, 5) is 31.0. The smallest absolute Gasteiger partial charge is 0.333 e. The number of nitrogens with one attached hydrogen (secondary N) is 4. The van der Waals surface area contributed by atoms with Crippen molar-refractivity contribution < 1.29 is 32.3 Å². The largest absolute Gasteiger partial charge is 0.503 e. The molecular weight excluding hydrogens is 603 g/mol. The number of hydrogen-bond donors (Lipinski definition) is 5. The highest BCUT2D eigenvalue weighted by atomic mass is 32.2. The number of nitrogens with zero attached hydrogens (tertiary/aromatic N) is 1. The van der Waals surface area contributed by atoms with E-state index in [1.807, 2.05) is 0 Å². The molecule has 1 aliphatic carbocycles. The maximum Gasteiger partial charge on any atom is 0.333 e. The van der Waals surface area contributed by atoms with Crippen LogP contribution in [0.3, 0.4) is 0 Å². The molecule has 0 aliphatic heterocycles. The molecule has 0 saturated heterocycles. The molecule has 1 heterocycles. The normalized spacial score (nSPS) is 18.8. The summed E-state index contributed by atoms with van der Waals surface area (Å²) in [6.45, 7) is 5.80. The molecule has 1 fully saturated rings. The molecule has 1 saturated carbocycles. The van der Waals surface area contributed by atoms with Gasteiger partial charge in [-0.15, -0.1) is 0 Å². The van der Waals surface area contributed by atoms with Crippen LogP contribution in [0, 0.1) is 22.5 Å². The Bertz CT molecular complexity index is 1460. The van der Waals surface area contributed by atoms with Gasteiger partial charge in [0.15, 0.2) is 11.4 Å². The van der Waals surface area contributed by atoms with Gasteiger partial charge in [0, 0.05) is 25.2 Å². The lowest BCUT2D eigenvalue weighted by molar-refractivity contribution is 0.0212. The number of halogens is 2. The van der Waals surface area contributed by atoms with E-state index in [-0.39, 0.29) is 54.5 Å². The highest BCUT2D eigenvalue weighted by molar-refractivity contribution is 8.26. The van der Waals surface area contributed by atoms with Gasteiger partial charge in [0.1, 0.15) is 16.7 Å². The molecule has 1 aromatic carbocycles. The summed E-state index contributed by atoms with van der Waals surface area (Å²) in [5, 5.41) is 29.8. The number of benzene rings is 1. The highest BCUT2D eigenvalue weighted by Gasteiger charge is 2.49. The van der Waals surface area contributed by atoms with Crippen molar-refractivity contribution in [3.63, 3.8) is 0 Å². The first-order chi connectivity index (χ1) is 20.4. The fraction of sp³-hybridized carbons (Fsp3) is 0.500. The third-order valence-corrected chi connectivity index (χ3v) is 10.8. The van der Waals surface area contributed by atoms with Gasteiger partial charge in [0.2, 0.25) is 5.43 Å². The van der Waals surface area contributed by atoms with Crippen LogP contribution in [-0.2, 0) is 20.0 Å². The summed E-state index contributed by atoms with van der Waals surface area (Å²) in [6, 6.07) is 2.95. The van der Waals surface area contributed by atoms with Gasteiger partial charge >= 0.3 is 7.60 Å². The van der Waals surface area contributed by atoms with E-state index in [0.29, 0.717) is 37.1 Å². The number of carbonyl (C=O) groups is 1. The Hall–Kier alpha value is -2.90. The lowest BCUT2D eigenvalue weighted by Gasteiger charge is -2.48. The molecule has 15 heteroatoms. The van der Waals surface area contributed by atoms with Crippen LogP contribution in [0.2, 0.25) is 0 Å². The van der Waals surface area contributed by atoms with Crippen molar-refractivity contribution in [1.82, 2.24) is 15.2 Å². The molecule has 0 spiro atoms. The number of amides is 1. The second-order valence-corrected chi connectivity index (χ2v) is 13.4. The van der Waals surface area contributed by atoms with Crippen LogP contribution in [0.15, 0.2) is 29.2 Å². The van der Waals surface area contributed by atoms with Gasteiger partial charge < -0.3 is 24.0 Å². The minimum Gasteiger partial charge on any atom is -0.503 e. The summed E-state index contributed by atoms with van der Waals surface area (Å²) in [5.41, 5.74) is -3.08. The van der Waals surface area contributed by atoms with Gasteiger partial charge in [-0.2, -0.15) is 0 Å². The van der Waals surface area contributed by atoms with E-state index in [1.165, 1.54) is 11.0 Å². The van der Waals surface area contributed by atoms with E-state index in [1.54, 1.807) is 27.8 Å². The molecule has 3 rings (SSSR count). The van der Waals surface area contributed by atoms with Crippen LogP contribution in [0.25, 0.3) is 0 Å². The number of H-pyrrole nitrogens is 1. The number of aromatic nitrogens is 1. The van der Waals surface area contributed by atoms with Crippen molar-refractivity contribution >= 4 is 35.4 Å². The number of pyridine rings is 1. The first-order valence-electron chi connectivity index (χ1n) is 14.0. The van der Waals surface area contributed by atoms with E-state index >= 15 is 0 Å². The van der Waals surface area contributed by atoms with Crippen molar-refractivity contribution in [2.45, 2.75) is 64.2 Å². The van der Waals surface area contributed by atoms with Crippen LogP contribution < -0.4 is 10.7 Å². The molecular formula is C28H38F2N5O6PS. The number of carbonyl (C=O) groups excluding carboxylic acids is 1. The fourth-order valence-electron chi connectivity index (χ4n) is 5.39. The van der Waals surface area contributed by atoms with Gasteiger partial charge in [-0.25, -0.2) is 8.78 Å². The predicted molar refractivity (Wildman–Crippen MR) is 163 cm³/mol. The Labute approximate surface area is 253 Å². The molecule has 2 atom stereocenters. The predicted octanol–water partition coefficient (Wildman–Crippen LogP) is 5.22. The van der Waals surface area contributed by atoms with Gasteiger partial charge in [0.05, 0.1) is 35.1 Å². The average Bonchev–Trinajstić information content (AvgIpc) is 2.96. The summed E-state index contributed by atoms with van der Waals surface area (Å²) in [6.07, 6.45) is 2.82. The van der Waals surface area contributed by atoms with Crippen LogP contribution in [0.1, 0.15) is 68.1 Å². The average molecular weight is 642 g/mol. The lowest BCUT2D eigenvalue weighted by Crippen LogP contribution is -2.62. The number of hydrogen-bond acceptors (Lipinski definition) is 10. The quantitative estimate of drug-likeness (QED) is 0.0909. The molecule has 2 aromatic rings. The first kappa shape index (κ1) is 34.6. The summed E-state index contributed by atoms with van der Waals surface area (Å²) in [7, 11) is -1.80. The SMILES string of the molecule is CCOP(=O)(OCC)C1CCCC(NC)(N(CC)C(=O)c2[nH]cc(C(=N)SC(=N)Cc3ccc(F)cc3F)c(=O)c2O)C1. The van der Waals surface area contributed by atoms with E-state index < -0.39 is 52.7 Å². The topological polar surface area (TPSA) is 169 Å². The Morgan fingerprint density at radius 3 is 2.51 bits per heavy atom. The molecule has 1 aromatic heterocycles. The van der Waals surface area contributed by atoms with Crippen molar-refractivity contribution in [2.24, 2.45) is 0 Å². The molecule has 0 radical (unpaired) electrons. The Kier molecular flexibility index (Phi) is 11.8. The van der Waals surface area contributed by atoms with Gasteiger partial charge in [-0.1, -0.05) is 17.8 Å². The maximum absolute atomic E-state index is 14.0. The molecule has 1 amide bonds. The van der Waals surface area contributed by atoms with Crippen LogP contribution in [0.4, 0.5) is 8.78 Å². The fourth-order valence-corrected chi connectivity index (χ4v) is 8.36. The zero-order valence-corrected chi connectivity index (χ0v) is 26.3. The van der Waals surface area contributed by atoms with Crippen LogP contribution in [-0.4, -0.2) is 69.1 Å². The third-order valence-electron chi connectivity index (χ3n) is 7.42. The molecule has 43 heavy (non-hydrogen) atoms. The van der Waals surface area contributed by atoms with Crippen molar-refractivity contribution in [3.8, 4) is 5.75 Å². The molecule has 1 aliphatic rings. The van der Waals surface area contributed by atoms with E-state index in [0.717, 1.165) is 12.3 Å². The Balaban J connectivity index is 1.84.